The number of phenolic OH excluding ortho intramolecular Hbond substituents is 1. The van der Waals surface area contributed by atoms with E-state index in [4.69, 9.17) is 0 Å². The summed E-state index contributed by atoms with van der Waals surface area (Å²) in [5.74, 6) is -0.325. The Morgan fingerprint density at radius 3 is 2.52 bits per heavy atom. The van der Waals surface area contributed by atoms with Gasteiger partial charge >= 0.3 is 6.61 Å². The number of nitrogens with one attached hydrogen (secondary N) is 1. The van der Waals surface area contributed by atoms with Gasteiger partial charge in [-0.25, -0.2) is 0 Å². The third kappa shape index (κ3) is 4.95. The van der Waals surface area contributed by atoms with Crippen molar-refractivity contribution < 1.29 is 23.4 Å². The zero-order valence-electron chi connectivity index (χ0n) is 12.6. The number of carbonyl (C=O) groups excluding carboxylic acids is 1. The van der Waals surface area contributed by atoms with Gasteiger partial charge in [-0.2, -0.15) is 8.78 Å². The smallest absolute Gasteiger partial charge is 0.387 e. The van der Waals surface area contributed by atoms with Crippen LogP contribution in [0.25, 0.3) is 0 Å². The van der Waals surface area contributed by atoms with Crippen molar-refractivity contribution in [1.82, 2.24) is 5.32 Å². The predicted molar refractivity (Wildman–Crippen MR) is 82.0 cm³/mol. The lowest BCUT2D eigenvalue weighted by Crippen LogP contribution is -2.25. The van der Waals surface area contributed by atoms with Gasteiger partial charge in [-0.15, -0.1) is 0 Å². The lowest BCUT2D eigenvalue weighted by atomic mass is 10.1. The minimum atomic E-state index is -2.85. The quantitative estimate of drug-likeness (QED) is 0.858. The number of aromatic hydroxyl groups is 1. The SMILES string of the molecule is Cc1ccc(C(=O)NCCc2ccc(OC(F)F)cc2)c(O)c1. The first-order valence-corrected chi connectivity index (χ1v) is 7.07. The second kappa shape index (κ2) is 7.58. The molecule has 2 aromatic carbocycles. The minimum Gasteiger partial charge on any atom is -0.507 e. The number of amides is 1. The molecule has 0 atom stereocenters. The summed E-state index contributed by atoms with van der Waals surface area (Å²) in [7, 11) is 0. The maximum absolute atomic E-state index is 12.0. The van der Waals surface area contributed by atoms with Crippen LogP contribution in [0.15, 0.2) is 42.5 Å². The van der Waals surface area contributed by atoms with E-state index in [2.05, 4.69) is 10.1 Å². The van der Waals surface area contributed by atoms with Gasteiger partial charge in [-0.1, -0.05) is 18.2 Å². The molecular formula is C17H17F2NO3. The Bertz CT molecular complexity index is 672. The van der Waals surface area contributed by atoms with Gasteiger partial charge in [0.25, 0.3) is 5.91 Å². The number of aryl methyl sites for hydroxylation is 1. The Kier molecular flexibility index (Phi) is 5.51. The first-order valence-electron chi connectivity index (χ1n) is 7.07. The zero-order valence-corrected chi connectivity index (χ0v) is 12.6. The van der Waals surface area contributed by atoms with Crippen LogP contribution in [0.5, 0.6) is 11.5 Å². The fourth-order valence-electron chi connectivity index (χ4n) is 2.09. The molecule has 122 valence electrons. The normalized spacial score (nSPS) is 10.6. The molecule has 0 saturated heterocycles. The van der Waals surface area contributed by atoms with Crippen LogP contribution in [0.1, 0.15) is 21.5 Å². The number of rotatable bonds is 6. The number of hydrogen-bond donors (Lipinski definition) is 2. The Balaban J connectivity index is 1.85. The Morgan fingerprint density at radius 2 is 1.91 bits per heavy atom. The van der Waals surface area contributed by atoms with Crippen molar-refractivity contribution in [2.45, 2.75) is 20.0 Å². The molecule has 0 unspecified atom stereocenters. The maximum Gasteiger partial charge on any atom is 0.387 e. The second-order valence-electron chi connectivity index (χ2n) is 5.05. The Labute approximate surface area is 132 Å². The van der Waals surface area contributed by atoms with E-state index in [1.165, 1.54) is 18.2 Å². The topological polar surface area (TPSA) is 58.6 Å². The van der Waals surface area contributed by atoms with Gasteiger partial charge in [-0.05, 0) is 48.7 Å². The molecule has 0 heterocycles. The summed E-state index contributed by atoms with van der Waals surface area (Å²) in [5.41, 5.74) is 1.96. The molecular weight excluding hydrogens is 304 g/mol. The molecule has 0 spiro atoms. The summed E-state index contributed by atoms with van der Waals surface area (Å²) in [4.78, 5) is 12.0. The van der Waals surface area contributed by atoms with E-state index in [1.54, 1.807) is 24.3 Å². The average Bonchev–Trinajstić information content (AvgIpc) is 2.48. The number of halogens is 2. The van der Waals surface area contributed by atoms with Crippen molar-refractivity contribution in [3.8, 4) is 11.5 Å². The number of ether oxygens (including phenoxy) is 1. The fourth-order valence-corrected chi connectivity index (χ4v) is 2.09. The number of hydrogen-bond acceptors (Lipinski definition) is 3. The van der Waals surface area contributed by atoms with Crippen LogP contribution in [0.2, 0.25) is 0 Å². The van der Waals surface area contributed by atoms with Crippen LogP contribution in [0.4, 0.5) is 8.78 Å². The fraction of sp³-hybridized carbons (Fsp3) is 0.235. The van der Waals surface area contributed by atoms with Crippen LogP contribution in [0, 0.1) is 6.92 Å². The number of phenols is 1. The van der Waals surface area contributed by atoms with Gasteiger partial charge in [0.2, 0.25) is 0 Å². The average molecular weight is 321 g/mol. The molecule has 4 nitrogen and oxygen atoms in total. The molecule has 0 radical (unpaired) electrons. The lowest BCUT2D eigenvalue weighted by Gasteiger charge is -2.08. The number of benzene rings is 2. The van der Waals surface area contributed by atoms with E-state index < -0.39 is 6.61 Å². The van der Waals surface area contributed by atoms with Gasteiger partial charge in [0.15, 0.2) is 0 Å². The summed E-state index contributed by atoms with van der Waals surface area (Å²) in [6.45, 7) is -0.661. The van der Waals surface area contributed by atoms with Gasteiger partial charge in [0.1, 0.15) is 11.5 Å². The van der Waals surface area contributed by atoms with E-state index in [-0.39, 0.29) is 23.0 Å². The minimum absolute atomic E-state index is 0.0593. The molecule has 0 fully saturated rings. The largest absolute Gasteiger partial charge is 0.507 e. The maximum atomic E-state index is 12.0. The monoisotopic (exact) mass is 321 g/mol. The second-order valence-corrected chi connectivity index (χ2v) is 5.05. The molecule has 2 aromatic rings. The van der Waals surface area contributed by atoms with Gasteiger partial charge in [-0.3, -0.25) is 4.79 Å². The predicted octanol–water partition coefficient (Wildman–Crippen LogP) is 3.27. The summed E-state index contributed by atoms with van der Waals surface area (Å²) >= 11 is 0. The van der Waals surface area contributed by atoms with E-state index in [9.17, 15) is 18.7 Å². The summed E-state index contributed by atoms with van der Waals surface area (Å²) < 4.78 is 28.3. The lowest BCUT2D eigenvalue weighted by molar-refractivity contribution is -0.0498. The highest BCUT2D eigenvalue weighted by Gasteiger charge is 2.10. The Morgan fingerprint density at radius 1 is 1.22 bits per heavy atom. The van der Waals surface area contributed by atoms with Crippen molar-refractivity contribution in [2.75, 3.05) is 6.54 Å². The van der Waals surface area contributed by atoms with Crippen molar-refractivity contribution in [3.63, 3.8) is 0 Å². The van der Waals surface area contributed by atoms with E-state index in [1.807, 2.05) is 6.92 Å². The van der Waals surface area contributed by atoms with Crippen LogP contribution >= 0.6 is 0 Å². The molecule has 0 aliphatic heterocycles. The van der Waals surface area contributed by atoms with E-state index >= 15 is 0 Å². The van der Waals surface area contributed by atoms with E-state index in [0.29, 0.717) is 13.0 Å². The highest BCUT2D eigenvalue weighted by molar-refractivity contribution is 5.96. The van der Waals surface area contributed by atoms with E-state index in [0.717, 1.165) is 11.1 Å². The van der Waals surface area contributed by atoms with Crippen molar-refractivity contribution in [1.29, 1.82) is 0 Å². The van der Waals surface area contributed by atoms with Crippen molar-refractivity contribution in [2.24, 2.45) is 0 Å². The third-order valence-electron chi connectivity index (χ3n) is 3.25. The van der Waals surface area contributed by atoms with Crippen LogP contribution in [0.3, 0.4) is 0 Å². The van der Waals surface area contributed by atoms with Crippen molar-refractivity contribution in [3.05, 3.63) is 59.2 Å². The molecule has 0 aromatic heterocycles. The molecule has 6 heteroatoms. The Hall–Kier alpha value is -2.63. The zero-order chi connectivity index (χ0) is 16.8. The first-order chi connectivity index (χ1) is 11.0. The molecule has 2 N–H and O–H groups in total. The van der Waals surface area contributed by atoms with Crippen LogP contribution in [-0.2, 0) is 6.42 Å². The molecule has 23 heavy (non-hydrogen) atoms. The van der Waals surface area contributed by atoms with Gasteiger partial charge in [0.05, 0.1) is 5.56 Å². The molecule has 0 bridgehead atoms. The highest BCUT2D eigenvalue weighted by atomic mass is 19.3. The van der Waals surface area contributed by atoms with Crippen LogP contribution < -0.4 is 10.1 Å². The molecule has 0 aliphatic rings. The summed E-state index contributed by atoms with van der Waals surface area (Å²) in [6, 6.07) is 11.1. The van der Waals surface area contributed by atoms with Crippen LogP contribution in [-0.4, -0.2) is 24.2 Å². The summed E-state index contributed by atoms with van der Waals surface area (Å²) in [6.07, 6.45) is 0.535. The van der Waals surface area contributed by atoms with Gasteiger partial charge < -0.3 is 15.2 Å². The van der Waals surface area contributed by atoms with Crippen molar-refractivity contribution >= 4 is 5.91 Å². The molecule has 1 amide bonds. The molecule has 2 rings (SSSR count). The number of carbonyl (C=O) groups is 1. The van der Waals surface area contributed by atoms with Gasteiger partial charge in [0, 0.05) is 6.54 Å². The molecule has 0 saturated carbocycles. The standard InChI is InChI=1S/C17H17F2NO3/c1-11-2-7-14(15(21)10-11)16(22)20-9-8-12-3-5-13(6-4-12)23-17(18)19/h2-7,10,17,21H,8-9H2,1H3,(H,20,22). The third-order valence-corrected chi connectivity index (χ3v) is 3.25. The first kappa shape index (κ1) is 16.7. The highest BCUT2D eigenvalue weighted by Crippen LogP contribution is 2.18. The molecule has 0 aliphatic carbocycles. The number of alkyl halides is 2. The summed E-state index contributed by atoms with van der Waals surface area (Å²) in [5, 5.41) is 12.4.